The van der Waals surface area contributed by atoms with E-state index in [0.717, 1.165) is 18.3 Å². The second-order valence-electron chi connectivity index (χ2n) is 5.23. The number of hydrogen-bond acceptors (Lipinski definition) is 3. The lowest BCUT2D eigenvalue weighted by Gasteiger charge is -2.20. The molecule has 0 amide bonds. The topological polar surface area (TPSA) is 21.3 Å². The molecular formula is C16H25NOS. The smallest absolute Gasteiger partial charge is 0.0663 e. The van der Waals surface area contributed by atoms with Crippen molar-refractivity contribution in [3.63, 3.8) is 0 Å². The van der Waals surface area contributed by atoms with Gasteiger partial charge in [0.2, 0.25) is 0 Å². The predicted octanol–water partition coefficient (Wildman–Crippen LogP) is 4.56. The molecule has 0 radical (unpaired) electrons. The standard InChI is InChI=1S/C16H25NOS/c1-3-13(12-18-2)17-15-10-6-7-11-16(15)19-14-8-4-5-9-14/h6-7,10-11,13-14,17H,3-5,8-9,12H2,1-2H3. The van der Waals surface area contributed by atoms with Crippen LogP contribution in [0.1, 0.15) is 39.0 Å². The summed E-state index contributed by atoms with van der Waals surface area (Å²) in [4.78, 5) is 1.39. The van der Waals surface area contributed by atoms with E-state index in [0.29, 0.717) is 6.04 Å². The molecule has 1 aliphatic carbocycles. The van der Waals surface area contributed by atoms with Gasteiger partial charge in [-0.1, -0.05) is 31.9 Å². The van der Waals surface area contributed by atoms with Crippen LogP contribution in [0.4, 0.5) is 5.69 Å². The number of methoxy groups -OCH3 is 1. The molecule has 0 heterocycles. The molecule has 19 heavy (non-hydrogen) atoms. The summed E-state index contributed by atoms with van der Waals surface area (Å²) in [5.41, 5.74) is 1.27. The van der Waals surface area contributed by atoms with Crippen LogP contribution in [0.5, 0.6) is 0 Å². The quantitative estimate of drug-likeness (QED) is 0.790. The highest BCUT2D eigenvalue weighted by atomic mass is 32.2. The monoisotopic (exact) mass is 279 g/mol. The highest BCUT2D eigenvalue weighted by Gasteiger charge is 2.18. The highest BCUT2D eigenvalue weighted by molar-refractivity contribution is 8.00. The predicted molar refractivity (Wildman–Crippen MR) is 84.1 cm³/mol. The zero-order chi connectivity index (χ0) is 13.5. The van der Waals surface area contributed by atoms with Gasteiger partial charge in [0, 0.05) is 29.0 Å². The molecule has 0 spiro atoms. The zero-order valence-corrected chi connectivity index (χ0v) is 12.8. The van der Waals surface area contributed by atoms with Crippen LogP contribution in [0, 0.1) is 0 Å². The molecule has 0 saturated heterocycles. The van der Waals surface area contributed by atoms with Gasteiger partial charge in [-0.25, -0.2) is 0 Å². The fourth-order valence-electron chi connectivity index (χ4n) is 2.56. The number of para-hydroxylation sites is 1. The van der Waals surface area contributed by atoms with E-state index in [4.69, 9.17) is 4.74 Å². The first-order chi connectivity index (χ1) is 9.33. The third kappa shape index (κ3) is 4.43. The van der Waals surface area contributed by atoms with Gasteiger partial charge in [-0.15, -0.1) is 11.8 Å². The number of ether oxygens (including phenoxy) is 1. The van der Waals surface area contributed by atoms with E-state index in [1.807, 2.05) is 11.8 Å². The third-order valence-electron chi connectivity index (χ3n) is 3.70. The lowest BCUT2D eigenvalue weighted by Crippen LogP contribution is -2.24. The normalized spacial score (nSPS) is 17.6. The molecular weight excluding hydrogens is 254 g/mol. The summed E-state index contributed by atoms with van der Waals surface area (Å²) in [6.07, 6.45) is 6.61. The summed E-state index contributed by atoms with van der Waals surface area (Å²) >= 11 is 2.05. The number of thioether (sulfide) groups is 1. The number of nitrogens with one attached hydrogen (secondary N) is 1. The highest BCUT2D eigenvalue weighted by Crippen LogP contribution is 2.38. The van der Waals surface area contributed by atoms with Crippen LogP contribution in [0.25, 0.3) is 0 Å². The summed E-state index contributed by atoms with van der Waals surface area (Å²) < 4.78 is 5.27. The van der Waals surface area contributed by atoms with Gasteiger partial charge in [0.1, 0.15) is 0 Å². The third-order valence-corrected chi connectivity index (χ3v) is 5.12. The van der Waals surface area contributed by atoms with Crippen LogP contribution in [0.2, 0.25) is 0 Å². The van der Waals surface area contributed by atoms with Crippen LogP contribution >= 0.6 is 11.8 Å². The van der Waals surface area contributed by atoms with Crippen molar-refractivity contribution >= 4 is 17.4 Å². The Balaban J connectivity index is 2.02. The maximum absolute atomic E-state index is 5.27. The zero-order valence-electron chi connectivity index (χ0n) is 12.0. The van der Waals surface area contributed by atoms with Crippen molar-refractivity contribution in [1.82, 2.24) is 0 Å². The second kappa shape index (κ2) is 7.81. The Morgan fingerprint density at radius 2 is 2.05 bits per heavy atom. The molecule has 2 rings (SSSR count). The molecule has 0 aromatic heterocycles. The fraction of sp³-hybridized carbons (Fsp3) is 0.625. The molecule has 3 heteroatoms. The summed E-state index contributed by atoms with van der Waals surface area (Å²) in [5.74, 6) is 0. The maximum Gasteiger partial charge on any atom is 0.0663 e. The Morgan fingerprint density at radius 1 is 1.32 bits per heavy atom. The summed E-state index contributed by atoms with van der Waals surface area (Å²) in [6, 6.07) is 9.08. The molecule has 1 unspecified atom stereocenters. The number of anilines is 1. The average molecular weight is 279 g/mol. The molecule has 1 aromatic carbocycles. The molecule has 0 aliphatic heterocycles. The van der Waals surface area contributed by atoms with Crippen molar-refractivity contribution in [2.45, 2.75) is 55.2 Å². The molecule has 1 fully saturated rings. The van der Waals surface area contributed by atoms with Crippen molar-refractivity contribution in [3.8, 4) is 0 Å². The van der Waals surface area contributed by atoms with Crippen molar-refractivity contribution in [3.05, 3.63) is 24.3 Å². The molecule has 1 N–H and O–H groups in total. The van der Waals surface area contributed by atoms with E-state index in [2.05, 4.69) is 36.5 Å². The van der Waals surface area contributed by atoms with E-state index in [1.165, 1.54) is 36.3 Å². The summed E-state index contributed by atoms with van der Waals surface area (Å²) in [6.45, 7) is 2.96. The molecule has 2 nitrogen and oxygen atoms in total. The van der Waals surface area contributed by atoms with Gasteiger partial charge < -0.3 is 10.1 Å². The van der Waals surface area contributed by atoms with Gasteiger partial charge in [0.25, 0.3) is 0 Å². The van der Waals surface area contributed by atoms with Crippen molar-refractivity contribution in [2.75, 3.05) is 19.0 Å². The van der Waals surface area contributed by atoms with Gasteiger partial charge in [-0.05, 0) is 31.4 Å². The molecule has 0 bridgehead atoms. The van der Waals surface area contributed by atoms with E-state index in [9.17, 15) is 0 Å². The van der Waals surface area contributed by atoms with Crippen LogP contribution in [-0.4, -0.2) is 25.0 Å². The molecule has 1 atom stereocenters. The molecule has 106 valence electrons. The van der Waals surface area contributed by atoms with Gasteiger partial charge in [-0.2, -0.15) is 0 Å². The van der Waals surface area contributed by atoms with E-state index < -0.39 is 0 Å². The summed E-state index contributed by atoms with van der Waals surface area (Å²) in [7, 11) is 1.77. The van der Waals surface area contributed by atoms with E-state index >= 15 is 0 Å². The Bertz CT molecular complexity index is 377. The number of hydrogen-bond donors (Lipinski definition) is 1. The Labute approximate surface area is 121 Å². The Kier molecular flexibility index (Phi) is 6.05. The SMILES string of the molecule is CCC(COC)Nc1ccccc1SC1CCCC1. The fourth-order valence-corrected chi connectivity index (χ4v) is 3.90. The van der Waals surface area contributed by atoms with E-state index in [1.54, 1.807) is 7.11 Å². The Morgan fingerprint density at radius 3 is 2.74 bits per heavy atom. The lowest BCUT2D eigenvalue weighted by molar-refractivity contribution is 0.184. The van der Waals surface area contributed by atoms with Crippen LogP contribution < -0.4 is 5.32 Å². The van der Waals surface area contributed by atoms with Crippen LogP contribution in [-0.2, 0) is 4.74 Å². The number of rotatable bonds is 7. The maximum atomic E-state index is 5.27. The second-order valence-corrected chi connectivity index (χ2v) is 6.57. The average Bonchev–Trinajstić information content (AvgIpc) is 2.93. The first-order valence-corrected chi connectivity index (χ1v) is 8.22. The van der Waals surface area contributed by atoms with Crippen molar-refractivity contribution in [2.24, 2.45) is 0 Å². The van der Waals surface area contributed by atoms with E-state index in [-0.39, 0.29) is 0 Å². The lowest BCUT2D eigenvalue weighted by atomic mass is 10.2. The van der Waals surface area contributed by atoms with Gasteiger partial charge >= 0.3 is 0 Å². The van der Waals surface area contributed by atoms with Crippen molar-refractivity contribution < 1.29 is 4.74 Å². The number of benzene rings is 1. The summed E-state index contributed by atoms with van der Waals surface area (Å²) in [5, 5.41) is 4.44. The van der Waals surface area contributed by atoms with Crippen LogP contribution in [0.15, 0.2) is 29.2 Å². The Hall–Kier alpha value is -0.670. The van der Waals surface area contributed by atoms with Gasteiger partial charge in [0.15, 0.2) is 0 Å². The largest absolute Gasteiger partial charge is 0.383 e. The van der Waals surface area contributed by atoms with Gasteiger partial charge in [0.05, 0.1) is 6.61 Å². The van der Waals surface area contributed by atoms with Crippen LogP contribution in [0.3, 0.4) is 0 Å². The minimum absolute atomic E-state index is 0.398. The molecule has 1 aromatic rings. The van der Waals surface area contributed by atoms with Crippen molar-refractivity contribution in [1.29, 1.82) is 0 Å². The first-order valence-electron chi connectivity index (χ1n) is 7.34. The molecule has 1 aliphatic rings. The first kappa shape index (κ1) is 14.7. The minimum atomic E-state index is 0.398. The minimum Gasteiger partial charge on any atom is -0.383 e. The molecule has 1 saturated carbocycles. The van der Waals surface area contributed by atoms with Gasteiger partial charge in [-0.3, -0.25) is 0 Å².